The molecule has 206 valence electrons. The maximum absolute atomic E-state index is 13.7. The molecular weight excluding hydrogens is 513 g/mol. The zero-order valence-corrected chi connectivity index (χ0v) is 22.1. The third-order valence-corrected chi connectivity index (χ3v) is 7.00. The Morgan fingerprint density at radius 3 is 2.54 bits per heavy atom. The number of nitriles is 1. The maximum atomic E-state index is 13.7. The maximum Gasteiger partial charge on any atom is 0.416 e. The van der Waals surface area contributed by atoms with E-state index in [-0.39, 0.29) is 30.8 Å². The van der Waals surface area contributed by atoms with Crippen LogP contribution in [0.2, 0.25) is 0 Å². The first-order valence-electron chi connectivity index (χ1n) is 12.6. The van der Waals surface area contributed by atoms with E-state index in [9.17, 15) is 28.0 Å². The SMILES string of the molecule is CCOC(=O)Cc1ccc(C(F)(F)F)cc1N1C[C@H](C)N(c2nc(=O)n(C)c3ccc(C#N)nc23)C[C@H]1CC. The molecule has 2 aromatic heterocycles. The normalized spacial score (nSPS) is 17.8. The van der Waals surface area contributed by atoms with Crippen molar-refractivity contribution in [2.24, 2.45) is 7.05 Å². The number of hydrogen-bond acceptors (Lipinski definition) is 8. The van der Waals surface area contributed by atoms with Crippen LogP contribution in [0.25, 0.3) is 11.0 Å². The quantitative estimate of drug-likeness (QED) is 0.433. The Morgan fingerprint density at radius 1 is 1.15 bits per heavy atom. The van der Waals surface area contributed by atoms with Gasteiger partial charge in [-0.1, -0.05) is 13.0 Å². The lowest BCUT2D eigenvalue weighted by Gasteiger charge is -2.47. The number of aryl methyl sites for hydroxylation is 1. The Morgan fingerprint density at radius 2 is 1.90 bits per heavy atom. The van der Waals surface area contributed by atoms with E-state index in [1.807, 2.05) is 29.7 Å². The molecule has 4 rings (SSSR count). The van der Waals surface area contributed by atoms with Crippen molar-refractivity contribution in [1.82, 2.24) is 14.5 Å². The van der Waals surface area contributed by atoms with Gasteiger partial charge in [0.05, 0.1) is 24.1 Å². The van der Waals surface area contributed by atoms with E-state index in [0.717, 1.165) is 12.1 Å². The number of alkyl halides is 3. The van der Waals surface area contributed by atoms with Gasteiger partial charge in [0.25, 0.3) is 0 Å². The molecule has 9 nitrogen and oxygen atoms in total. The fourth-order valence-electron chi connectivity index (χ4n) is 4.97. The van der Waals surface area contributed by atoms with Crippen LogP contribution in [-0.4, -0.2) is 52.3 Å². The van der Waals surface area contributed by atoms with Crippen molar-refractivity contribution >= 4 is 28.5 Å². The van der Waals surface area contributed by atoms with Crippen LogP contribution in [0.5, 0.6) is 0 Å². The van der Waals surface area contributed by atoms with Crippen LogP contribution in [0.3, 0.4) is 0 Å². The predicted molar refractivity (Wildman–Crippen MR) is 140 cm³/mol. The Kier molecular flexibility index (Phi) is 7.81. The number of ether oxygens (including phenoxy) is 1. The molecule has 1 aromatic carbocycles. The largest absolute Gasteiger partial charge is 0.466 e. The summed E-state index contributed by atoms with van der Waals surface area (Å²) in [6.45, 7) is 6.28. The second-order valence-corrected chi connectivity index (χ2v) is 9.49. The summed E-state index contributed by atoms with van der Waals surface area (Å²) < 4.78 is 47.5. The Hall–Kier alpha value is -4.14. The van der Waals surface area contributed by atoms with Crippen molar-refractivity contribution in [3.05, 3.63) is 57.6 Å². The van der Waals surface area contributed by atoms with E-state index >= 15 is 0 Å². The lowest BCUT2D eigenvalue weighted by atomic mass is 9.99. The summed E-state index contributed by atoms with van der Waals surface area (Å²) in [7, 11) is 1.57. The van der Waals surface area contributed by atoms with Crippen molar-refractivity contribution in [3.63, 3.8) is 0 Å². The Balaban J connectivity index is 1.78. The van der Waals surface area contributed by atoms with Crippen LogP contribution in [0, 0.1) is 11.3 Å². The summed E-state index contributed by atoms with van der Waals surface area (Å²) >= 11 is 0. The number of carbonyl (C=O) groups excluding carboxylic acids is 1. The van der Waals surface area contributed by atoms with Crippen LogP contribution < -0.4 is 15.5 Å². The topological polar surface area (TPSA) is 104 Å². The second kappa shape index (κ2) is 10.9. The summed E-state index contributed by atoms with van der Waals surface area (Å²) in [4.78, 5) is 37.5. The van der Waals surface area contributed by atoms with Crippen LogP contribution in [0.4, 0.5) is 24.7 Å². The van der Waals surface area contributed by atoms with E-state index < -0.39 is 23.4 Å². The summed E-state index contributed by atoms with van der Waals surface area (Å²) in [6, 6.07) is 8.02. The van der Waals surface area contributed by atoms with Gasteiger partial charge in [0.1, 0.15) is 17.3 Å². The lowest BCUT2D eigenvalue weighted by Crippen LogP contribution is -2.58. The van der Waals surface area contributed by atoms with Gasteiger partial charge in [-0.2, -0.15) is 23.4 Å². The number of fused-ring (bicyclic) bond motifs is 1. The van der Waals surface area contributed by atoms with E-state index in [2.05, 4.69) is 9.97 Å². The van der Waals surface area contributed by atoms with Crippen LogP contribution in [0.1, 0.15) is 44.0 Å². The molecule has 1 aliphatic heterocycles. The van der Waals surface area contributed by atoms with Crippen molar-refractivity contribution in [1.29, 1.82) is 5.26 Å². The number of pyridine rings is 1. The highest BCUT2D eigenvalue weighted by Crippen LogP contribution is 2.37. The number of carbonyl (C=O) groups is 1. The van der Waals surface area contributed by atoms with Gasteiger partial charge in [0.15, 0.2) is 5.82 Å². The minimum atomic E-state index is -4.55. The third-order valence-electron chi connectivity index (χ3n) is 7.00. The molecule has 0 radical (unpaired) electrons. The van der Waals surface area contributed by atoms with Gasteiger partial charge < -0.3 is 14.5 Å². The fourth-order valence-corrected chi connectivity index (χ4v) is 4.97. The molecule has 0 bridgehead atoms. The van der Waals surface area contributed by atoms with Gasteiger partial charge in [-0.3, -0.25) is 9.36 Å². The number of benzene rings is 1. The highest BCUT2D eigenvalue weighted by molar-refractivity contribution is 5.86. The number of rotatable bonds is 6. The minimum absolute atomic E-state index is 0.159. The molecule has 2 atom stereocenters. The highest BCUT2D eigenvalue weighted by atomic mass is 19.4. The molecule has 12 heteroatoms. The Bertz CT molecular complexity index is 1500. The van der Waals surface area contributed by atoms with Crippen molar-refractivity contribution in [3.8, 4) is 6.07 Å². The molecule has 1 aliphatic rings. The minimum Gasteiger partial charge on any atom is -0.466 e. The molecule has 0 aliphatic carbocycles. The van der Waals surface area contributed by atoms with Crippen molar-refractivity contribution < 1.29 is 22.7 Å². The average Bonchev–Trinajstić information content (AvgIpc) is 2.90. The van der Waals surface area contributed by atoms with E-state index in [1.165, 1.54) is 16.7 Å². The van der Waals surface area contributed by atoms with Gasteiger partial charge in [-0.15, -0.1) is 0 Å². The molecule has 0 unspecified atom stereocenters. The smallest absolute Gasteiger partial charge is 0.416 e. The van der Waals surface area contributed by atoms with Gasteiger partial charge in [-0.05, 0) is 50.1 Å². The number of aromatic nitrogens is 3. The number of esters is 1. The summed E-state index contributed by atoms with van der Waals surface area (Å²) in [6.07, 6.45) is -4.14. The van der Waals surface area contributed by atoms with Crippen molar-refractivity contribution in [2.45, 2.75) is 51.9 Å². The standard InChI is InChI=1S/C27H29F3N6O3/c1-5-20-15-35(25-24-21(34(4)26(38)33-25)10-9-19(13-31)32-24)16(3)14-36(20)22-12-18(27(28,29)30)8-7-17(22)11-23(37)39-6-2/h7-10,12,16,20H,5-6,11,14-15H2,1-4H3/t16-,20+/m0/s1. The molecular formula is C27H29F3N6O3. The van der Waals surface area contributed by atoms with Gasteiger partial charge >= 0.3 is 17.8 Å². The summed E-state index contributed by atoms with van der Waals surface area (Å²) in [5, 5.41) is 9.38. The number of piperazine rings is 1. The number of anilines is 2. The highest BCUT2D eigenvalue weighted by Gasteiger charge is 2.37. The molecule has 1 fully saturated rings. The Labute approximate surface area is 223 Å². The zero-order chi connectivity index (χ0) is 28.5. The lowest BCUT2D eigenvalue weighted by molar-refractivity contribution is -0.142. The second-order valence-electron chi connectivity index (χ2n) is 9.49. The van der Waals surface area contributed by atoms with Crippen LogP contribution in [-0.2, 0) is 29.2 Å². The number of halogens is 3. The molecule has 0 spiro atoms. The van der Waals surface area contributed by atoms with Crippen LogP contribution in [0.15, 0.2) is 35.1 Å². The molecule has 3 aromatic rings. The van der Waals surface area contributed by atoms with Crippen molar-refractivity contribution in [2.75, 3.05) is 29.5 Å². The van der Waals surface area contributed by atoms with E-state index in [4.69, 9.17) is 4.74 Å². The summed E-state index contributed by atoms with van der Waals surface area (Å²) in [5.41, 5.74) is 0.564. The third kappa shape index (κ3) is 5.53. The first-order valence-corrected chi connectivity index (χ1v) is 12.6. The molecule has 3 heterocycles. The molecule has 1 saturated heterocycles. The fraction of sp³-hybridized carbons (Fsp3) is 0.444. The molecule has 39 heavy (non-hydrogen) atoms. The first-order chi connectivity index (χ1) is 18.5. The molecule has 0 amide bonds. The van der Waals surface area contributed by atoms with E-state index in [0.29, 0.717) is 47.6 Å². The van der Waals surface area contributed by atoms with Crippen LogP contribution >= 0.6 is 0 Å². The molecule has 0 saturated carbocycles. The van der Waals surface area contributed by atoms with Gasteiger partial charge in [-0.25, -0.2) is 9.78 Å². The number of hydrogen-bond donors (Lipinski definition) is 0. The molecule has 0 N–H and O–H groups in total. The van der Waals surface area contributed by atoms with E-state index in [1.54, 1.807) is 20.0 Å². The van der Waals surface area contributed by atoms with Gasteiger partial charge in [0.2, 0.25) is 0 Å². The average molecular weight is 543 g/mol. The summed E-state index contributed by atoms with van der Waals surface area (Å²) in [5.74, 6) is -0.194. The predicted octanol–water partition coefficient (Wildman–Crippen LogP) is 3.82. The van der Waals surface area contributed by atoms with Gasteiger partial charge in [0, 0.05) is 37.9 Å². The number of nitrogens with zero attached hydrogens (tertiary/aromatic N) is 6. The first kappa shape index (κ1) is 27.9. The zero-order valence-electron chi connectivity index (χ0n) is 22.1. The monoisotopic (exact) mass is 542 g/mol.